The molecule has 5 aromatic rings. The van der Waals surface area contributed by atoms with Crippen LogP contribution in [0.3, 0.4) is 0 Å². The predicted octanol–water partition coefficient (Wildman–Crippen LogP) is 3.72. The number of rotatable bonds is 2. The Bertz CT molecular complexity index is 1890. The third kappa shape index (κ3) is 1.71. The molecule has 0 N–H and O–H groups in total. The number of hydrogen-bond donors (Lipinski definition) is 0. The summed E-state index contributed by atoms with van der Waals surface area (Å²) < 4.78 is 27.8. The maximum absolute atomic E-state index is 14.0. The number of nitrogens with zero attached hydrogens (tertiary/aromatic N) is 2. The molecule has 2 bridgehead atoms. The molecule has 35 heavy (non-hydrogen) atoms. The summed E-state index contributed by atoms with van der Waals surface area (Å²) in [6, 6.07) is 28.4. The zero-order chi connectivity index (χ0) is 22.7. The molecule has 0 saturated carbocycles. The van der Waals surface area contributed by atoms with Crippen molar-refractivity contribution in [2.75, 3.05) is 0 Å². The van der Waals surface area contributed by atoms with Crippen LogP contribution in [0.2, 0.25) is 0 Å². The van der Waals surface area contributed by atoms with Crippen LogP contribution in [0, 0.1) is 0 Å². The van der Waals surface area contributed by atoms with Gasteiger partial charge in [0.15, 0.2) is 0 Å². The van der Waals surface area contributed by atoms with Gasteiger partial charge in [-0.25, -0.2) is 0 Å². The van der Waals surface area contributed by atoms with Gasteiger partial charge < -0.3 is 0 Å². The second-order valence-corrected chi connectivity index (χ2v) is 17.2. The Morgan fingerprint density at radius 1 is 0.886 bits per heavy atom. The molecule has 1 aromatic heterocycles. The van der Waals surface area contributed by atoms with Crippen LogP contribution in [0.15, 0.2) is 81.8 Å². The van der Waals surface area contributed by atoms with Gasteiger partial charge in [-0.2, -0.15) is 0 Å². The van der Waals surface area contributed by atoms with Crippen molar-refractivity contribution < 1.29 is 7.60 Å². The topological polar surface area (TPSA) is 26.5 Å². The van der Waals surface area contributed by atoms with Gasteiger partial charge in [0.25, 0.3) is 0 Å². The molecule has 4 fully saturated rings. The van der Waals surface area contributed by atoms with Crippen molar-refractivity contribution in [3.05, 3.63) is 78.9 Å². The van der Waals surface area contributed by atoms with Crippen molar-refractivity contribution in [2.45, 2.75) is 0 Å². The van der Waals surface area contributed by atoms with E-state index in [2.05, 4.69) is 84.4 Å². The first-order valence-electron chi connectivity index (χ1n) is 12.1. The summed E-state index contributed by atoms with van der Waals surface area (Å²) in [4.78, 5) is 0. The number of ether oxygens (including phenoxy) is 1. The van der Waals surface area contributed by atoms with Gasteiger partial charge in [-0.05, 0) is 0 Å². The van der Waals surface area contributed by atoms with Gasteiger partial charge in [-0.3, -0.25) is 0 Å². The maximum atomic E-state index is 14.0. The third-order valence-corrected chi connectivity index (χ3v) is 19.6. The molecule has 11 rings (SSSR count). The molecule has 0 unspecified atom stereocenters. The molecular formula is C24H13B5FIN2OP-. The molecule has 7 heterocycles. The van der Waals surface area contributed by atoms with E-state index in [1.54, 1.807) is 0 Å². The Labute approximate surface area is 214 Å². The average molecular weight is 576 g/mol. The van der Waals surface area contributed by atoms with Crippen molar-refractivity contribution in [3.8, 4) is 17.2 Å². The number of para-hydroxylation sites is 2. The molecule has 160 valence electrons. The second kappa shape index (κ2) is 5.65. The Kier molecular flexibility index (Phi) is 3.05. The fourth-order valence-corrected chi connectivity index (χ4v) is 19.9. The standard InChI is InChI=1S/C24H13B5FIN2OP/c30-31-32-35(27-25-28(35)29(27)35)21-13-5-9-17-22(21)14-6-3-8-16-24(14)33(17)18-10-4-12-20-23(18)26(16)15-7-1-2-11-19(15)34-20/h1-13H/q-1. The number of hydrogen-bond acceptors (Lipinski definition) is 2. The van der Waals surface area contributed by atoms with Gasteiger partial charge in [-0.1, -0.05) is 0 Å². The van der Waals surface area contributed by atoms with Crippen molar-refractivity contribution in [2.24, 2.45) is 2.92 Å². The zero-order valence-electron chi connectivity index (χ0n) is 18.4. The number of fused-ring (bicyclic) bond motifs is 7. The SMILES string of the molecule is FI=NP12(c3cccc4c3c3cccc5c3n4-c3cccc4c3B5c3ccccc3O4)B3[B-]B1B32. The summed E-state index contributed by atoms with van der Waals surface area (Å²) in [5.41, 5.74) is 7.48. The van der Waals surface area contributed by atoms with E-state index in [0.717, 1.165) is 11.5 Å². The van der Waals surface area contributed by atoms with Gasteiger partial charge in [0.1, 0.15) is 0 Å². The van der Waals surface area contributed by atoms with E-state index in [0.29, 0.717) is 18.6 Å². The van der Waals surface area contributed by atoms with Crippen LogP contribution in [0.1, 0.15) is 0 Å². The normalized spacial score (nSPS) is 21.3. The van der Waals surface area contributed by atoms with E-state index >= 15 is 0 Å². The predicted molar refractivity (Wildman–Crippen MR) is 159 cm³/mol. The molecule has 2 radical (unpaired) electrons. The first kappa shape index (κ1) is 18.9. The van der Waals surface area contributed by atoms with E-state index in [1.807, 2.05) is 6.07 Å². The monoisotopic (exact) mass is 577 g/mol. The van der Waals surface area contributed by atoms with Crippen molar-refractivity contribution in [1.29, 1.82) is 0 Å². The van der Waals surface area contributed by atoms with Crippen LogP contribution < -0.4 is 26.4 Å². The van der Waals surface area contributed by atoms with E-state index < -0.39 is 28.0 Å². The van der Waals surface area contributed by atoms with Crippen LogP contribution in [0.25, 0.3) is 27.5 Å². The van der Waals surface area contributed by atoms with Crippen LogP contribution in [0.4, 0.5) is 2.86 Å². The number of halogens is 2. The van der Waals surface area contributed by atoms with Gasteiger partial charge in [-0.15, -0.1) is 0 Å². The van der Waals surface area contributed by atoms with E-state index in [9.17, 15) is 2.86 Å². The number of benzene rings is 4. The van der Waals surface area contributed by atoms with E-state index in [4.69, 9.17) is 7.65 Å². The molecule has 4 saturated heterocycles. The van der Waals surface area contributed by atoms with Crippen molar-refractivity contribution >= 4 is 104 Å². The molecular weight excluding hydrogens is 563 g/mol. The molecule has 6 aliphatic heterocycles. The Morgan fingerprint density at radius 3 is 2.49 bits per heavy atom. The van der Waals surface area contributed by atoms with Crippen molar-refractivity contribution in [1.82, 2.24) is 4.57 Å². The summed E-state index contributed by atoms with van der Waals surface area (Å²) in [6.07, 6.45) is -0.630. The molecule has 3 nitrogen and oxygen atoms in total. The molecule has 0 amide bonds. The minimum absolute atomic E-state index is 0.136. The van der Waals surface area contributed by atoms with Crippen LogP contribution in [0.5, 0.6) is 11.5 Å². The third-order valence-electron chi connectivity index (χ3n) is 9.67. The summed E-state index contributed by atoms with van der Waals surface area (Å²) in [7, 11) is 2.45. The van der Waals surface area contributed by atoms with Gasteiger partial charge in [0.2, 0.25) is 0 Å². The van der Waals surface area contributed by atoms with E-state index in [-0.39, 0.29) is 6.71 Å². The Hall–Kier alpha value is -2.31. The fraction of sp³-hybridized carbons (Fsp3) is 0. The fourth-order valence-electron chi connectivity index (χ4n) is 8.14. The first-order chi connectivity index (χ1) is 17.3. The molecule has 6 aliphatic rings. The quantitative estimate of drug-likeness (QED) is 0.175. The second-order valence-electron chi connectivity index (χ2n) is 10.6. The summed E-state index contributed by atoms with van der Waals surface area (Å²) in [6.45, 7) is 0.136. The summed E-state index contributed by atoms with van der Waals surface area (Å²) in [5.74, 6) is 1.88. The Morgan fingerprint density at radius 2 is 1.66 bits per heavy atom. The molecule has 0 aliphatic carbocycles. The van der Waals surface area contributed by atoms with E-state index in [1.165, 1.54) is 49.2 Å². The summed E-state index contributed by atoms with van der Waals surface area (Å²) >= 11 is -1.58. The Balaban J connectivity index is 1.40. The average Bonchev–Trinajstić information content (AvgIpc) is 3.46. The van der Waals surface area contributed by atoms with Crippen LogP contribution in [-0.4, -0.2) is 37.0 Å². The molecule has 0 spiro atoms. The van der Waals surface area contributed by atoms with Crippen molar-refractivity contribution in [3.63, 3.8) is 0 Å². The van der Waals surface area contributed by atoms with Gasteiger partial charge >= 0.3 is 215 Å². The summed E-state index contributed by atoms with van der Waals surface area (Å²) in [5, 5.41) is 3.99. The number of aromatic nitrogens is 1. The van der Waals surface area contributed by atoms with Gasteiger partial charge in [0, 0.05) is 0 Å². The molecule has 11 heteroatoms. The molecule has 0 atom stereocenters. The minimum atomic E-state index is -2.41. The molecule has 4 aromatic carbocycles. The first-order valence-corrected chi connectivity index (χ1v) is 16.3. The van der Waals surface area contributed by atoms with Crippen LogP contribution >= 0.6 is 28.0 Å². The zero-order valence-corrected chi connectivity index (χ0v) is 21.5. The van der Waals surface area contributed by atoms with Crippen LogP contribution in [-0.2, 0) is 0 Å². The van der Waals surface area contributed by atoms with Gasteiger partial charge in [0.05, 0.1) is 0 Å².